The number of phenolic OH excluding ortho intramolecular Hbond substituents is 1. The number of aromatic hydroxyl groups is 1. The first-order valence-corrected chi connectivity index (χ1v) is 5.78. The Balaban J connectivity index is 2.14. The lowest BCUT2D eigenvalue weighted by Crippen LogP contribution is -2.07. The van der Waals surface area contributed by atoms with Gasteiger partial charge in [0.25, 0.3) is 0 Å². The standard InChI is InChI=1S/C13H14N2O4/c1-9-12(8-14-15(9)7-6-13(17)18)19-11-5-3-2-4-10(11)16/h2-5,8,16H,6-7H2,1H3,(H,17,18). The van der Waals surface area contributed by atoms with Gasteiger partial charge in [0.15, 0.2) is 17.2 Å². The van der Waals surface area contributed by atoms with Crippen molar-refractivity contribution in [2.24, 2.45) is 0 Å². The molecule has 0 fully saturated rings. The molecule has 0 saturated heterocycles. The second-order valence-corrected chi connectivity index (χ2v) is 4.03. The van der Waals surface area contributed by atoms with Crippen molar-refractivity contribution in [3.8, 4) is 17.2 Å². The molecule has 0 saturated carbocycles. The van der Waals surface area contributed by atoms with E-state index in [1.165, 1.54) is 12.3 Å². The van der Waals surface area contributed by atoms with Gasteiger partial charge in [0.2, 0.25) is 0 Å². The van der Waals surface area contributed by atoms with Crippen molar-refractivity contribution in [3.05, 3.63) is 36.2 Å². The molecule has 0 unspecified atom stereocenters. The summed E-state index contributed by atoms with van der Waals surface area (Å²) >= 11 is 0. The van der Waals surface area contributed by atoms with Crippen LogP contribution in [0.4, 0.5) is 0 Å². The topological polar surface area (TPSA) is 84.6 Å². The van der Waals surface area contributed by atoms with E-state index in [9.17, 15) is 9.90 Å². The summed E-state index contributed by atoms with van der Waals surface area (Å²) in [4.78, 5) is 10.5. The minimum atomic E-state index is -0.877. The highest BCUT2D eigenvalue weighted by Crippen LogP contribution is 2.31. The van der Waals surface area contributed by atoms with Crippen LogP contribution in [0.5, 0.6) is 17.2 Å². The first-order valence-electron chi connectivity index (χ1n) is 5.78. The lowest BCUT2D eigenvalue weighted by Gasteiger charge is -2.07. The third kappa shape index (κ3) is 3.04. The predicted molar refractivity (Wildman–Crippen MR) is 67.4 cm³/mol. The number of aliphatic carboxylic acids is 1. The van der Waals surface area contributed by atoms with E-state index in [1.54, 1.807) is 29.8 Å². The Bertz CT molecular complexity index is 592. The number of benzene rings is 1. The first-order chi connectivity index (χ1) is 9.08. The summed E-state index contributed by atoms with van der Waals surface area (Å²) in [7, 11) is 0. The SMILES string of the molecule is Cc1c(Oc2ccccc2O)cnn1CCC(=O)O. The highest BCUT2D eigenvalue weighted by Gasteiger charge is 2.11. The maximum absolute atomic E-state index is 10.5. The molecule has 0 bridgehead atoms. The zero-order chi connectivity index (χ0) is 13.8. The fraction of sp³-hybridized carbons (Fsp3) is 0.231. The van der Waals surface area contributed by atoms with Gasteiger partial charge in [0, 0.05) is 0 Å². The largest absolute Gasteiger partial charge is 0.504 e. The molecule has 0 radical (unpaired) electrons. The minimum absolute atomic E-state index is 0.00144. The number of carboxylic acids is 1. The molecule has 19 heavy (non-hydrogen) atoms. The summed E-state index contributed by atoms with van der Waals surface area (Å²) in [6.07, 6.45) is 1.50. The Labute approximate surface area is 109 Å². The monoisotopic (exact) mass is 262 g/mol. The molecule has 2 aromatic rings. The van der Waals surface area contributed by atoms with Crippen LogP contribution >= 0.6 is 0 Å². The molecule has 0 spiro atoms. The summed E-state index contributed by atoms with van der Waals surface area (Å²) in [5.74, 6) is -0.00599. The highest BCUT2D eigenvalue weighted by atomic mass is 16.5. The van der Waals surface area contributed by atoms with Crippen molar-refractivity contribution in [2.75, 3.05) is 0 Å². The zero-order valence-electron chi connectivity index (χ0n) is 10.4. The van der Waals surface area contributed by atoms with Gasteiger partial charge in [-0.2, -0.15) is 5.10 Å². The Morgan fingerprint density at radius 3 is 2.79 bits per heavy atom. The molecule has 2 rings (SSSR count). The Hall–Kier alpha value is -2.50. The Kier molecular flexibility index (Phi) is 3.70. The lowest BCUT2D eigenvalue weighted by molar-refractivity contribution is -0.137. The third-order valence-electron chi connectivity index (χ3n) is 2.68. The van der Waals surface area contributed by atoms with Crippen LogP contribution in [0.15, 0.2) is 30.5 Å². The van der Waals surface area contributed by atoms with Crippen molar-refractivity contribution in [1.29, 1.82) is 0 Å². The van der Waals surface area contributed by atoms with Crippen molar-refractivity contribution >= 4 is 5.97 Å². The number of ether oxygens (including phenoxy) is 1. The molecular formula is C13H14N2O4. The van der Waals surface area contributed by atoms with E-state index in [0.717, 1.165) is 0 Å². The summed E-state index contributed by atoms with van der Waals surface area (Å²) < 4.78 is 7.11. The fourth-order valence-corrected chi connectivity index (χ4v) is 1.62. The number of rotatable bonds is 5. The average Bonchev–Trinajstić information content (AvgIpc) is 2.71. The van der Waals surface area contributed by atoms with Crippen LogP contribution < -0.4 is 4.74 Å². The number of hydrogen-bond acceptors (Lipinski definition) is 4. The second kappa shape index (κ2) is 5.43. The molecule has 1 aromatic carbocycles. The zero-order valence-corrected chi connectivity index (χ0v) is 10.4. The quantitative estimate of drug-likeness (QED) is 0.862. The van der Waals surface area contributed by atoms with E-state index in [0.29, 0.717) is 17.2 Å². The van der Waals surface area contributed by atoms with Crippen molar-refractivity contribution in [3.63, 3.8) is 0 Å². The van der Waals surface area contributed by atoms with E-state index >= 15 is 0 Å². The molecule has 1 aromatic heterocycles. The molecule has 0 aliphatic rings. The van der Waals surface area contributed by atoms with Crippen LogP contribution in [0.25, 0.3) is 0 Å². The number of aromatic nitrogens is 2. The van der Waals surface area contributed by atoms with Gasteiger partial charge in [-0.05, 0) is 19.1 Å². The molecule has 1 heterocycles. The van der Waals surface area contributed by atoms with Gasteiger partial charge in [-0.3, -0.25) is 9.48 Å². The van der Waals surface area contributed by atoms with Crippen molar-refractivity contribution < 1.29 is 19.7 Å². The maximum atomic E-state index is 10.5. The maximum Gasteiger partial charge on any atom is 0.305 e. The van der Waals surface area contributed by atoms with Gasteiger partial charge in [0.1, 0.15) is 0 Å². The van der Waals surface area contributed by atoms with Gasteiger partial charge < -0.3 is 14.9 Å². The van der Waals surface area contributed by atoms with Gasteiger partial charge >= 0.3 is 5.97 Å². The van der Waals surface area contributed by atoms with Crippen LogP contribution in [0.3, 0.4) is 0 Å². The van der Waals surface area contributed by atoms with Crippen LogP contribution in [-0.4, -0.2) is 26.0 Å². The number of aryl methyl sites for hydroxylation is 1. The normalized spacial score (nSPS) is 10.4. The molecule has 0 amide bonds. The minimum Gasteiger partial charge on any atom is -0.504 e. The molecule has 0 aliphatic carbocycles. The summed E-state index contributed by atoms with van der Waals surface area (Å²) in [5.41, 5.74) is 0.713. The Morgan fingerprint density at radius 1 is 1.37 bits per heavy atom. The smallest absolute Gasteiger partial charge is 0.305 e. The lowest BCUT2D eigenvalue weighted by atomic mass is 10.3. The van der Waals surface area contributed by atoms with E-state index < -0.39 is 5.97 Å². The highest BCUT2D eigenvalue weighted by molar-refractivity contribution is 5.66. The Morgan fingerprint density at radius 2 is 2.11 bits per heavy atom. The summed E-state index contributed by atoms with van der Waals surface area (Å²) in [6.45, 7) is 2.06. The summed E-state index contributed by atoms with van der Waals surface area (Å²) in [5, 5.41) is 22.3. The van der Waals surface area contributed by atoms with Gasteiger partial charge in [-0.25, -0.2) is 0 Å². The van der Waals surface area contributed by atoms with E-state index in [2.05, 4.69) is 5.10 Å². The number of phenols is 1. The van der Waals surface area contributed by atoms with E-state index in [-0.39, 0.29) is 18.7 Å². The van der Waals surface area contributed by atoms with Gasteiger partial charge in [0.05, 0.1) is 24.9 Å². The van der Waals surface area contributed by atoms with Crippen LogP contribution in [-0.2, 0) is 11.3 Å². The number of carboxylic acid groups (broad SMARTS) is 1. The molecule has 100 valence electrons. The second-order valence-electron chi connectivity index (χ2n) is 4.03. The number of para-hydroxylation sites is 2. The molecular weight excluding hydrogens is 248 g/mol. The summed E-state index contributed by atoms with van der Waals surface area (Å²) in [6, 6.07) is 6.62. The predicted octanol–water partition coefficient (Wildman–Crippen LogP) is 2.16. The number of nitrogens with zero attached hydrogens (tertiary/aromatic N) is 2. The van der Waals surface area contributed by atoms with Crippen LogP contribution in [0, 0.1) is 6.92 Å². The molecule has 2 N–H and O–H groups in total. The van der Waals surface area contributed by atoms with Gasteiger partial charge in [-0.15, -0.1) is 0 Å². The first kappa shape index (κ1) is 12.9. The fourth-order valence-electron chi connectivity index (χ4n) is 1.62. The number of carbonyl (C=O) groups is 1. The molecule has 6 nitrogen and oxygen atoms in total. The molecule has 0 aliphatic heterocycles. The molecule has 6 heteroatoms. The van der Waals surface area contributed by atoms with E-state index in [1.807, 2.05) is 0 Å². The number of hydrogen-bond donors (Lipinski definition) is 2. The molecule has 0 atom stereocenters. The van der Waals surface area contributed by atoms with Crippen LogP contribution in [0.1, 0.15) is 12.1 Å². The van der Waals surface area contributed by atoms with Gasteiger partial charge in [-0.1, -0.05) is 12.1 Å². The van der Waals surface area contributed by atoms with E-state index in [4.69, 9.17) is 9.84 Å². The van der Waals surface area contributed by atoms with Crippen molar-refractivity contribution in [2.45, 2.75) is 19.9 Å². The van der Waals surface area contributed by atoms with Crippen molar-refractivity contribution in [1.82, 2.24) is 9.78 Å². The third-order valence-corrected chi connectivity index (χ3v) is 2.68. The average molecular weight is 262 g/mol. The van der Waals surface area contributed by atoms with Crippen LogP contribution in [0.2, 0.25) is 0 Å².